The van der Waals surface area contributed by atoms with Crippen LogP contribution in [-0.4, -0.2) is 23.1 Å². The first-order valence-electron chi connectivity index (χ1n) is 8.29. The van der Waals surface area contributed by atoms with E-state index in [-0.39, 0.29) is 11.8 Å². The van der Waals surface area contributed by atoms with Crippen LogP contribution in [0.25, 0.3) is 0 Å². The molecule has 6 heteroatoms. The van der Waals surface area contributed by atoms with Crippen molar-refractivity contribution in [2.24, 2.45) is 0 Å². The molecule has 0 radical (unpaired) electrons. The lowest BCUT2D eigenvalue weighted by atomic mass is 10.0. The van der Waals surface area contributed by atoms with Crippen LogP contribution in [0.2, 0.25) is 0 Å². The van der Waals surface area contributed by atoms with E-state index in [9.17, 15) is 9.59 Å². The number of carbonyl (C=O) groups is 2. The Morgan fingerprint density at radius 3 is 3.00 bits per heavy atom. The number of amides is 2. The van der Waals surface area contributed by atoms with Crippen LogP contribution in [-0.2, 0) is 28.2 Å². The molecule has 2 amide bonds. The molecule has 5 nitrogen and oxygen atoms in total. The second kappa shape index (κ2) is 8.16. The summed E-state index contributed by atoms with van der Waals surface area (Å²) in [5.41, 5.74) is 4.26. The molecule has 2 heterocycles. The highest BCUT2D eigenvalue weighted by Gasteiger charge is 2.17. The predicted molar refractivity (Wildman–Crippen MR) is 102 cm³/mol. The van der Waals surface area contributed by atoms with Crippen LogP contribution in [0.1, 0.15) is 29.5 Å². The number of anilines is 2. The fourth-order valence-electron chi connectivity index (χ4n) is 2.90. The third kappa shape index (κ3) is 4.82. The molecule has 25 heavy (non-hydrogen) atoms. The molecule has 0 saturated carbocycles. The number of pyridine rings is 1. The van der Waals surface area contributed by atoms with Crippen molar-refractivity contribution < 1.29 is 9.59 Å². The van der Waals surface area contributed by atoms with Crippen molar-refractivity contribution in [2.45, 2.75) is 31.4 Å². The summed E-state index contributed by atoms with van der Waals surface area (Å²) in [6.45, 7) is 0. The monoisotopic (exact) mass is 355 g/mol. The van der Waals surface area contributed by atoms with Gasteiger partial charge < -0.3 is 10.6 Å². The Labute approximate surface area is 151 Å². The summed E-state index contributed by atoms with van der Waals surface area (Å²) in [7, 11) is 0. The molecular formula is C19H21N3O2S. The van der Waals surface area contributed by atoms with Crippen molar-refractivity contribution >= 4 is 35.1 Å². The van der Waals surface area contributed by atoms with Gasteiger partial charge >= 0.3 is 0 Å². The van der Waals surface area contributed by atoms with Crippen molar-refractivity contribution in [2.75, 3.05) is 16.9 Å². The van der Waals surface area contributed by atoms with Crippen LogP contribution in [0.3, 0.4) is 0 Å². The standard InChI is InChI=1S/C19H21N3O2S/c1-25-12-14-7-8-20-17(10-14)22-18(23)4-2-3-13-5-6-16-15(9-13)11-19(24)21-16/h5-10H,2-4,11-12H2,1H3,(H,21,24)(H,20,22,23). The van der Waals surface area contributed by atoms with Crippen LogP contribution in [0.5, 0.6) is 0 Å². The molecule has 3 rings (SSSR count). The van der Waals surface area contributed by atoms with E-state index in [2.05, 4.69) is 21.7 Å². The van der Waals surface area contributed by atoms with Crippen molar-refractivity contribution in [1.29, 1.82) is 0 Å². The Hall–Kier alpha value is -2.34. The Morgan fingerprint density at radius 2 is 2.16 bits per heavy atom. The molecule has 0 spiro atoms. The number of hydrogen-bond acceptors (Lipinski definition) is 4. The third-order valence-corrected chi connectivity index (χ3v) is 4.69. The first-order valence-corrected chi connectivity index (χ1v) is 9.69. The average molecular weight is 355 g/mol. The largest absolute Gasteiger partial charge is 0.326 e. The summed E-state index contributed by atoms with van der Waals surface area (Å²) >= 11 is 1.74. The summed E-state index contributed by atoms with van der Waals surface area (Å²) in [4.78, 5) is 27.7. The minimum Gasteiger partial charge on any atom is -0.326 e. The maximum absolute atomic E-state index is 12.1. The number of benzene rings is 1. The quantitative estimate of drug-likeness (QED) is 0.798. The lowest BCUT2D eigenvalue weighted by Gasteiger charge is -2.07. The normalized spacial score (nSPS) is 12.6. The van der Waals surface area contributed by atoms with Gasteiger partial charge in [0.15, 0.2) is 0 Å². The Kier molecular flexibility index (Phi) is 5.71. The van der Waals surface area contributed by atoms with Gasteiger partial charge in [-0.1, -0.05) is 12.1 Å². The van der Waals surface area contributed by atoms with Gasteiger partial charge in [0.05, 0.1) is 6.42 Å². The highest BCUT2D eigenvalue weighted by molar-refractivity contribution is 7.97. The van der Waals surface area contributed by atoms with E-state index in [1.165, 1.54) is 0 Å². The van der Waals surface area contributed by atoms with E-state index >= 15 is 0 Å². The zero-order valence-corrected chi connectivity index (χ0v) is 15.0. The van der Waals surface area contributed by atoms with Gasteiger partial charge in [0.1, 0.15) is 5.82 Å². The molecule has 1 aromatic carbocycles. The minimum atomic E-state index is -0.0215. The molecule has 0 aliphatic carbocycles. The number of nitrogens with zero attached hydrogens (tertiary/aromatic N) is 1. The summed E-state index contributed by atoms with van der Waals surface area (Å²) in [5, 5.41) is 5.69. The first-order chi connectivity index (χ1) is 12.1. The van der Waals surface area contributed by atoms with Crippen LogP contribution in [0.4, 0.5) is 11.5 Å². The lowest BCUT2D eigenvalue weighted by molar-refractivity contribution is -0.116. The molecule has 0 fully saturated rings. The second-order valence-electron chi connectivity index (χ2n) is 6.10. The van der Waals surface area contributed by atoms with Gasteiger partial charge in [0.25, 0.3) is 0 Å². The van der Waals surface area contributed by atoms with Gasteiger partial charge in [0, 0.05) is 24.1 Å². The van der Waals surface area contributed by atoms with Gasteiger partial charge in [-0.3, -0.25) is 9.59 Å². The van der Waals surface area contributed by atoms with Gasteiger partial charge in [-0.25, -0.2) is 4.98 Å². The molecule has 130 valence electrons. The van der Waals surface area contributed by atoms with E-state index in [1.807, 2.05) is 30.5 Å². The summed E-state index contributed by atoms with van der Waals surface area (Å²) in [5.74, 6) is 1.54. The van der Waals surface area contributed by atoms with E-state index in [1.54, 1.807) is 18.0 Å². The van der Waals surface area contributed by atoms with Crippen LogP contribution in [0.15, 0.2) is 36.5 Å². The number of rotatable bonds is 7. The topological polar surface area (TPSA) is 71.1 Å². The van der Waals surface area contributed by atoms with Crippen molar-refractivity contribution in [3.05, 3.63) is 53.2 Å². The summed E-state index contributed by atoms with van der Waals surface area (Å²) in [6, 6.07) is 9.88. The van der Waals surface area contributed by atoms with Crippen molar-refractivity contribution in [1.82, 2.24) is 4.98 Å². The number of thioether (sulfide) groups is 1. The average Bonchev–Trinajstić information content (AvgIpc) is 2.95. The highest BCUT2D eigenvalue weighted by Crippen LogP contribution is 2.24. The third-order valence-electron chi connectivity index (χ3n) is 4.07. The molecule has 0 saturated heterocycles. The zero-order valence-electron chi connectivity index (χ0n) is 14.2. The summed E-state index contributed by atoms with van der Waals surface area (Å²) in [6.07, 6.45) is 6.24. The van der Waals surface area contributed by atoms with Crippen LogP contribution >= 0.6 is 11.8 Å². The van der Waals surface area contributed by atoms with Crippen molar-refractivity contribution in [3.8, 4) is 0 Å². The molecule has 2 N–H and O–H groups in total. The fraction of sp³-hybridized carbons (Fsp3) is 0.316. The molecule has 1 aliphatic heterocycles. The van der Waals surface area contributed by atoms with Crippen LogP contribution < -0.4 is 10.6 Å². The highest BCUT2D eigenvalue weighted by atomic mass is 32.2. The number of carbonyl (C=O) groups excluding carboxylic acids is 2. The molecular weight excluding hydrogens is 334 g/mol. The van der Waals surface area contributed by atoms with Gasteiger partial charge in [0.2, 0.25) is 11.8 Å². The maximum atomic E-state index is 12.1. The number of aryl methyl sites for hydroxylation is 1. The number of aromatic nitrogens is 1. The molecule has 0 unspecified atom stereocenters. The molecule has 0 bridgehead atoms. The Bertz CT molecular complexity index is 792. The first kappa shape index (κ1) is 17.5. The van der Waals surface area contributed by atoms with E-state index in [0.717, 1.165) is 41.0 Å². The molecule has 1 aliphatic rings. The van der Waals surface area contributed by atoms with Crippen LogP contribution in [0, 0.1) is 0 Å². The number of nitrogens with one attached hydrogen (secondary N) is 2. The lowest BCUT2D eigenvalue weighted by Crippen LogP contribution is -2.12. The number of fused-ring (bicyclic) bond motifs is 1. The van der Waals surface area contributed by atoms with Crippen molar-refractivity contribution in [3.63, 3.8) is 0 Å². The van der Waals surface area contributed by atoms with Gasteiger partial charge in [-0.2, -0.15) is 11.8 Å². The molecule has 1 aromatic heterocycles. The summed E-state index contributed by atoms with van der Waals surface area (Å²) < 4.78 is 0. The van der Waals surface area contributed by atoms with Gasteiger partial charge in [-0.15, -0.1) is 0 Å². The minimum absolute atomic E-state index is 0.0215. The number of hydrogen-bond donors (Lipinski definition) is 2. The van der Waals surface area contributed by atoms with E-state index < -0.39 is 0 Å². The van der Waals surface area contributed by atoms with Gasteiger partial charge in [-0.05, 0) is 54.0 Å². The Balaban J connectivity index is 1.47. The zero-order chi connectivity index (χ0) is 17.6. The second-order valence-corrected chi connectivity index (χ2v) is 6.97. The molecule has 0 atom stereocenters. The smallest absolute Gasteiger partial charge is 0.228 e. The molecule has 2 aromatic rings. The maximum Gasteiger partial charge on any atom is 0.228 e. The van der Waals surface area contributed by atoms with E-state index in [0.29, 0.717) is 18.7 Å². The Morgan fingerprint density at radius 1 is 1.28 bits per heavy atom. The van der Waals surface area contributed by atoms with E-state index in [4.69, 9.17) is 0 Å². The SMILES string of the molecule is CSCc1ccnc(NC(=O)CCCc2ccc3c(c2)CC(=O)N3)c1. The predicted octanol–water partition coefficient (Wildman–Crippen LogP) is 3.40. The fourth-order valence-corrected chi connectivity index (χ4v) is 3.41.